The average molecular weight is 591 g/mol. The largest absolute Gasteiger partial charge is 2.00 e. The van der Waals surface area contributed by atoms with E-state index in [1.807, 2.05) is 39.2 Å². The van der Waals surface area contributed by atoms with Gasteiger partial charge in [-0.1, -0.05) is 12.1 Å². The van der Waals surface area contributed by atoms with Crippen LogP contribution < -0.4 is 0 Å². The molecule has 11 heteroatoms. The number of likely N-dealkylation sites (N-methyl/N-ethyl adjacent to an activating group) is 1. The number of nitrogens with zero attached hydrogens (tertiary/aromatic N) is 3. The third-order valence-corrected chi connectivity index (χ3v) is 6.55. The maximum atomic E-state index is 13.5. The van der Waals surface area contributed by atoms with Gasteiger partial charge in [0.05, 0.1) is 17.2 Å². The van der Waals surface area contributed by atoms with Crippen LogP contribution in [0.5, 0.6) is 0 Å². The van der Waals surface area contributed by atoms with Gasteiger partial charge in [0, 0.05) is 49.9 Å². The van der Waals surface area contributed by atoms with Crippen molar-refractivity contribution < 1.29 is 48.5 Å². The molecule has 1 aliphatic heterocycles. The smallest absolute Gasteiger partial charge is 0.388 e. The number of aliphatic hydroxyl groups is 1. The summed E-state index contributed by atoms with van der Waals surface area (Å²) in [7, 11) is 2.01. The predicted octanol–water partition coefficient (Wildman–Crippen LogP) is 5.35. The van der Waals surface area contributed by atoms with Crippen molar-refractivity contribution in [2.75, 3.05) is 39.8 Å². The first-order valence-corrected chi connectivity index (χ1v) is 12.0. The fourth-order valence-electron chi connectivity index (χ4n) is 4.49. The van der Waals surface area contributed by atoms with E-state index in [1.165, 1.54) is 6.07 Å². The number of hydrogen-bond donors (Lipinski definition) is 1. The first-order valence-electron chi connectivity index (χ1n) is 12.0. The van der Waals surface area contributed by atoms with Crippen LogP contribution >= 0.6 is 0 Å². The van der Waals surface area contributed by atoms with E-state index in [9.17, 15) is 31.4 Å². The van der Waals surface area contributed by atoms with Crippen LogP contribution in [0, 0.1) is 63.2 Å². The zero-order valence-corrected chi connectivity index (χ0v) is 22.1. The maximum absolute atomic E-state index is 13.5. The van der Waals surface area contributed by atoms with Gasteiger partial charge in [0.2, 0.25) is 0 Å². The molecule has 2 aliphatic carbocycles. The first kappa shape index (κ1) is 32.1. The summed E-state index contributed by atoms with van der Waals surface area (Å²) in [5.41, 5.74) is -3.85. The number of halogens is 6. The second-order valence-electron chi connectivity index (χ2n) is 9.24. The van der Waals surface area contributed by atoms with Crippen molar-refractivity contribution >= 4 is 10.9 Å². The van der Waals surface area contributed by atoms with E-state index in [0.717, 1.165) is 38.2 Å². The Labute approximate surface area is 236 Å². The number of piperazine rings is 1. The molecule has 2 aromatic rings. The second-order valence-corrected chi connectivity index (χ2v) is 9.24. The molecule has 2 saturated carbocycles. The van der Waals surface area contributed by atoms with Crippen molar-refractivity contribution in [2.24, 2.45) is 0 Å². The normalized spacial score (nSPS) is 21.0. The molecular weight excluding hydrogens is 564 g/mol. The molecule has 2 heterocycles. The van der Waals surface area contributed by atoms with Gasteiger partial charge in [-0.05, 0) is 76.1 Å². The number of alkyl halides is 6. The Morgan fingerprint density at radius 1 is 0.872 bits per heavy atom. The van der Waals surface area contributed by atoms with E-state index in [-0.39, 0.29) is 28.0 Å². The van der Waals surface area contributed by atoms with Gasteiger partial charge in [-0.15, -0.1) is 0 Å². The molecule has 0 bridgehead atoms. The predicted molar refractivity (Wildman–Crippen MR) is 132 cm³/mol. The van der Waals surface area contributed by atoms with Crippen LogP contribution in [0.4, 0.5) is 26.3 Å². The molecule has 3 aliphatic rings. The summed E-state index contributed by atoms with van der Waals surface area (Å²) in [5.74, 6) is 1.09. The minimum absolute atomic E-state index is 0. The third kappa shape index (κ3) is 8.09. The number of hydrogen-bond acceptors (Lipinski definition) is 4. The van der Waals surface area contributed by atoms with E-state index < -0.39 is 35.2 Å². The molecule has 0 amide bonds. The molecule has 3 fully saturated rings. The minimum Gasteiger partial charge on any atom is -0.388 e. The Balaban J connectivity index is 0.000000630. The molecule has 0 unspecified atom stereocenters. The molecule has 1 atom stereocenters. The van der Waals surface area contributed by atoms with Gasteiger partial charge >= 0.3 is 29.4 Å². The first-order chi connectivity index (χ1) is 17.9. The number of fused-ring (bicyclic) bond motifs is 1. The van der Waals surface area contributed by atoms with Gasteiger partial charge in [-0.2, -0.15) is 26.3 Å². The number of aliphatic hydroxyl groups excluding tert-OH is 1. The fourth-order valence-corrected chi connectivity index (χ4v) is 4.49. The molecule has 1 aromatic heterocycles. The number of aromatic nitrogens is 1. The van der Waals surface area contributed by atoms with Gasteiger partial charge < -0.3 is 14.9 Å². The summed E-state index contributed by atoms with van der Waals surface area (Å²) in [6.07, 6.45) is 3.62. The van der Waals surface area contributed by atoms with Crippen LogP contribution in [0.2, 0.25) is 0 Å². The number of rotatable bonds is 4. The molecule has 1 aromatic carbocycles. The van der Waals surface area contributed by atoms with Gasteiger partial charge in [0.1, 0.15) is 5.69 Å². The summed E-state index contributed by atoms with van der Waals surface area (Å²) in [4.78, 5) is 7.64. The third-order valence-electron chi connectivity index (χ3n) is 6.55. The second kappa shape index (κ2) is 13.5. The van der Waals surface area contributed by atoms with Crippen LogP contribution in [-0.2, 0) is 29.4 Å². The topological polar surface area (TPSA) is 39.6 Å². The Morgan fingerprint density at radius 3 is 2.05 bits per heavy atom. The van der Waals surface area contributed by atoms with Crippen LogP contribution in [0.1, 0.15) is 22.9 Å². The van der Waals surface area contributed by atoms with E-state index in [4.69, 9.17) is 0 Å². The van der Waals surface area contributed by atoms with Crippen molar-refractivity contribution in [3.8, 4) is 0 Å². The summed E-state index contributed by atoms with van der Waals surface area (Å²) in [6, 6.07) is 3.68. The van der Waals surface area contributed by atoms with Crippen LogP contribution in [-0.4, -0.2) is 59.7 Å². The molecule has 5 rings (SSSR count). The van der Waals surface area contributed by atoms with Crippen molar-refractivity contribution in [3.63, 3.8) is 0 Å². The minimum atomic E-state index is -4.98. The summed E-state index contributed by atoms with van der Waals surface area (Å²) < 4.78 is 81.1. The average Bonchev–Trinajstić information content (AvgIpc) is 3.58. The fraction of sp³-hybridized carbons (Fsp3) is 0.321. The van der Waals surface area contributed by atoms with E-state index in [2.05, 4.69) is 14.8 Å². The van der Waals surface area contributed by atoms with E-state index in [1.54, 1.807) is 19.3 Å². The molecule has 208 valence electrons. The molecule has 4 nitrogen and oxygen atoms in total. The summed E-state index contributed by atoms with van der Waals surface area (Å²) >= 11 is 0. The summed E-state index contributed by atoms with van der Waals surface area (Å²) in [5, 5.41) is 10.9. The van der Waals surface area contributed by atoms with Crippen LogP contribution in [0.25, 0.3) is 10.9 Å². The van der Waals surface area contributed by atoms with Gasteiger partial charge in [0.25, 0.3) is 0 Å². The van der Waals surface area contributed by atoms with Crippen LogP contribution in [0.3, 0.4) is 0 Å². The molecule has 39 heavy (non-hydrogen) atoms. The molecule has 0 spiro atoms. The zero-order valence-electron chi connectivity index (χ0n) is 21.0. The number of para-hydroxylation sites is 1. The molecule has 10 radical (unpaired) electrons. The van der Waals surface area contributed by atoms with Gasteiger partial charge in [-0.3, -0.25) is 0 Å². The Bertz CT molecular complexity index is 1060. The summed E-state index contributed by atoms with van der Waals surface area (Å²) in [6.45, 7) is 3.80. The van der Waals surface area contributed by atoms with Crippen molar-refractivity contribution in [1.82, 2.24) is 14.8 Å². The number of pyridine rings is 1. The monoisotopic (exact) mass is 591 g/mol. The SMILES string of the molecule is CN1CCN(C[C]2[CH][CH][CH][C]2[C@H](O)c2cc(C(F)(F)F)nc3c(C(F)(F)F)cccc23)CC1.[CH]1[CH][CH][CH][CH]1.[Fe+2]. The standard InChI is InChI=1S/C23H22F6N3O.C5H5.Fe/c1-31-8-10-32(11-9-31)13-14-4-2-5-15(14)21(33)17-12-19(23(27,28)29)30-20-16(17)6-3-7-18(20)22(24,25)26;1-2-4-5-3-1;/h2-7,12,21,33H,8-11,13H2,1H3;1-5H;/q;;+2/t21-;;/m0../s1. The van der Waals surface area contributed by atoms with E-state index in [0.29, 0.717) is 24.6 Å². The maximum Gasteiger partial charge on any atom is 2.00 e. The van der Waals surface area contributed by atoms with Crippen molar-refractivity contribution in [3.05, 3.63) is 104 Å². The molecular formula is C28H27F6FeN3O+2. The zero-order chi connectivity index (χ0) is 27.5. The molecule has 1 saturated heterocycles. The Morgan fingerprint density at radius 2 is 1.49 bits per heavy atom. The van der Waals surface area contributed by atoms with E-state index >= 15 is 0 Å². The van der Waals surface area contributed by atoms with Gasteiger partial charge in [0.15, 0.2) is 0 Å². The Kier molecular flexibility index (Phi) is 11.1. The Hall–Kier alpha value is -1.39. The van der Waals surface area contributed by atoms with Crippen molar-refractivity contribution in [2.45, 2.75) is 18.5 Å². The van der Waals surface area contributed by atoms with Crippen molar-refractivity contribution in [1.29, 1.82) is 0 Å². The van der Waals surface area contributed by atoms with Gasteiger partial charge in [-0.25, -0.2) is 4.98 Å². The van der Waals surface area contributed by atoms with Crippen LogP contribution in [0.15, 0.2) is 24.3 Å². The number of benzene rings is 1. The molecule has 1 N–H and O–H groups in total. The quantitative estimate of drug-likeness (QED) is 0.385.